The molecular formula is C14H19N3O4. The first-order chi connectivity index (χ1) is 10.2. The fraction of sp³-hybridized carbons (Fsp3) is 0.500. The van der Waals surface area contributed by atoms with Crippen LogP contribution >= 0.6 is 0 Å². The molecule has 3 N–H and O–H groups in total. The summed E-state index contributed by atoms with van der Waals surface area (Å²) in [5.41, 5.74) is 0. The number of hydrogen-bond acceptors (Lipinski definition) is 4. The SMILES string of the molecule is O=C(CCNC(=O)c1ccco1)NCCNC(=O)C1CC1. The molecule has 1 aliphatic rings. The van der Waals surface area contributed by atoms with Gasteiger partial charge in [0.25, 0.3) is 5.91 Å². The van der Waals surface area contributed by atoms with E-state index >= 15 is 0 Å². The van der Waals surface area contributed by atoms with E-state index in [0.717, 1.165) is 12.8 Å². The Labute approximate surface area is 122 Å². The third-order valence-corrected chi connectivity index (χ3v) is 3.08. The summed E-state index contributed by atoms with van der Waals surface area (Å²) in [6.45, 7) is 1.06. The van der Waals surface area contributed by atoms with Gasteiger partial charge in [0, 0.05) is 32.0 Å². The number of rotatable bonds is 8. The van der Waals surface area contributed by atoms with Gasteiger partial charge < -0.3 is 20.4 Å². The molecule has 21 heavy (non-hydrogen) atoms. The fourth-order valence-corrected chi connectivity index (χ4v) is 1.75. The van der Waals surface area contributed by atoms with E-state index < -0.39 is 0 Å². The molecule has 1 fully saturated rings. The molecule has 1 aromatic rings. The van der Waals surface area contributed by atoms with Crippen LogP contribution in [0.2, 0.25) is 0 Å². The van der Waals surface area contributed by atoms with Crippen molar-refractivity contribution in [3.8, 4) is 0 Å². The summed E-state index contributed by atoms with van der Waals surface area (Å²) in [5, 5.41) is 8.02. The average Bonchev–Trinajstić information content (AvgIpc) is 3.18. The third-order valence-electron chi connectivity index (χ3n) is 3.08. The topological polar surface area (TPSA) is 100 Å². The molecule has 0 spiro atoms. The van der Waals surface area contributed by atoms with Crippen LogP contribution in [0, 0.1) is 5.92 Å². The molecule has 1 aliphatic carbocycles. The van der Waals surface area contributed by atoms with Crippen molar-refractivity contribution >= 4 is 17.7 Å². The summed E-state index contributed by atoms with van der Waals surface area (Å²) >= 11 is 0. The number of nitrogens with one attached hydrogen (secondary N) is 3. The van der Waals surface area contributed by atoms with Crippen LogP contribution in [0.4, 0.5) is 0 Å². The van der Waals surface area contributed by atoms with Crippen LogP contribution in [0.3, 0.4) is 0 Å². The Hall–Kier alpha value is -2.31. The molecular weight excluding hydrogens is 274 g/mol. The Morgan fingerprint density at radius 1 is 1.10 bits per heavy atom. The number of amides is 3. The first kappa shape index (κ1) is 15.1. The molecule has 0 saturated heterocycles. The zero-order valence-electron chi connectivity index (χ0n) is 11.7. The summed E-state index contributed by atoms with van der Waals surface area (Å²) in [5.74, 6) is -0.0504. The van der Waals surface area contributed by atoms with Crippen LogP contribution in [-0.4, -0.2) is 37.4 Å². The quantitative estimate of drug-likeness (QED) is 0.589. The standard InChI is InChI=1S/C14H19N3O4/c18-12(15-7-8-17-13(19)10-3-4-10)5-6-16-14(20)11-2-1-9-21-11/h1-2,9-10H,3-8H2,(H,15,18)(H,16,20)(H,17,19). The largest absolute Gasteiger partial charge is 0.459 e. The maximum Gasteiger partial charge on any atom is 0.286 e. The molecule has 7 nitrogen and oxygen atoms in total. The number of furan rings is 1. The van der Waals surface area contributed by atoms with Gasteiger partial charge in [0.15, 0.2) is 5.76 Å². The van der Waals surface area contributed by atoms with Crippen molar-refractivity contribution in [2.24, 2.45) is 5.92 Å². The molecule has 0 bridgehead atoms. The normalized spacial score (nSPS) is 13.5. The first-order valence-corrected chi connectivity index (χ1v) is 7.03. The van der Waals surface area contributed by atoms with Gasteiger partial charge in [-0.2, -0.15) is 0 Å². The summed E-state index contributed by atoms with van der Waals surface area (Å²) in [6, 6.07) is 3.18. The minimum atomic E-state index is -0.343. The van der Waals surface area contributed by atoms with E-state index in [1.165, 1.54) is 6.26 Å². The van der Waals surface area contributed by atoms with Gasteiger partial charge in [0.1, 0.15) is 0 Å². The summed E-state index contributed by atoms with van der Waals surface area (Å²) < 4.78 is 4.93. The first-order valence-electron chi connectivity index (χ1n) is 7.03. The summed E-state index contributed by atoms with van der Waals surface area (Å²) in [6.07, 6.45) is 3.53. The van der Waals surface area contributed by atoms with E-state index in [-0.39, 0.29) is 42.4 Å². The van der Waals surface area contributed by atoms with Gasteiger partial charge in [-0.15, -0.1) is 0 Å². The predicted octanol–water partition coefficient (Wildman–Crippen LogP) is 0.0419. The monoisotopic (exact) mass is 293 g/mol. The zero-order valence-corrected chi connectivity index (χ0v) is 11.7. The Morgan fingerprint density at radius 3 is 2.52 bits per heavy atom. The molecule has 0 atom stereocenters. The van der Waals surface area contributed by atoms with Crippen molar-refractivity contribution in [2.45, 2.75) is 19.3 Å². The van der Waals surface area contributed by atoms with Crippen molar-refractivity contribution in [2.75, 3.05) is 19.6 Å². The van der Waals surface area contributed by atoms with Crippen LogP contribution in [0.15, 0.2) is 22.8 Å². The predicted molar refractivity (Wildman–Crippen MR) is 74.4 cm³/mol. The minimum absolute atomic E-state index is 0.0648. The second-order valence-electron chi connectivity index (χ2n) is 4.90. The maximum absolute atomic E-state index is 11.5. The molecule has 1 saturated carbocycles. The highest BCUT2D eigenvalue weighted by atomic mass is 16.3. The minimum Gasteiger partial charge on any atom is -0.459 e. The van der Waals surface area contributed by atoms with Gasteiger partial charge in [-0.05, 0) is 25.0 Å². The van der Waals surface area contributed by atoms with Crippen LogP contribution in [0.1, 0.15) is 29.8 Å². The van der Waals surface area contributed by atoms with Gasteiger partial charge >= 0.3 is 0 Å². The number of carbonyl (C=O) groups is 3. The lowest BCUT2D eigenvalue weighted by Crippen LogP contribution is -2.36. The highest BCUT2D eigenvalue weighted by molar-refractivity contribution is 5.91. The third kappa shape index (κ3) is 5.29. The molecule has 0 aromatic carbocycles. The maximum atomic E-state index is 11.5. The Balaban J connectivity index is 1.49. The zero-order chi connectivity index (χ0) is 15.1. The Morgan fingerprint density at radius 2 is 1.86 bits per heavy atom. The van der Waals surface area contributed by atoms with Gasteiger partial charge in [-0.1, -0.05) is 0 Å². The van der Waals surface area contributed by atoms with Crippen molar-refractivity contribution < 1.29 is 18.8 Å². The summed E-state index contributed by atoms with van der Waals surface area (Å²) in [7, 11) is 0. The lowest BCUT2D eigenvalue weighted by Gasteiger charge is -2.07. The van der Waals surface area contributed by atoms with E-state index in [2.05, 4.69) is 16.0 Å². The molecule has 0 aliphatic heterocycles. The smallest absolute Gasteiger partial charge is 0.286 e. The highest BCUT2D eigenvalue weighted by Crippen LogP contribution is 2.28. The van der Waals surface area contributed by atoms with Crippen molar-refractivity contribution in [3.63, 3.8) is 0 Å². The lowest BCUT2D eigenvalue weighted by molar-refractivity contribution is -0.123. The van der Waals surface area contributed by atoms with Crippen LogP contribution in [-0.2, 0) is 9.59 Å². The molecule has 7 heteroatoms. The van der Waals surface area contributed by atoms with E-state index in [9.17, 15) is 14.4 Å². The molecule has 2 rings (SSSR count). The average molecular weight is 293 g/mol. The number of carbonyl (C=O) groups excluding carboxylic acids is 3. The lowest BCUT2D eigenvalue weighted by atomic mass is 10.3. The van der Waals surface area contributed by atoms with Crippen molar-refractivity contribution in [1.29, 1.82) is 0 Å². The molecule has 0 radical (unpaired) electrons. The fourth-order valence-electron chi connectivity index (χ4n) is 1.75. The Bertz CT molecular complexity index is 494. The Kier molecular flexibility index (Phi) is 5.36. The second-order valence-corrected chi connectivity index (χ2v) is 4.90. The molecule has 1 aromatic heterocycles. The van der Waals surface area contributed by atoms with Crippen molar-refractivity contribution in [1.82, 2.24) is 16.0 Å². The van der Waals surface area contributed by atoms with E-state index in [4.69, 9.17) is 4.42 Å². The van der Waals surface area contributed by atoms with E-state index in [1.807, 2.05) is 0 Å². The molecule has 0 unspecified atom stereocenters. The van der Waals surface area contributed by atoms with Crippen molar-refractivity contribution in [3.05, 3.63) is 24.2 Å². The van der Waals surface area contributed by atoms with E-state index in [0.29, 0.717) is 13.1 Å². The van der Waals surface area contributed by atoms with Gasteiger partial charge in [-0.25, -0.2) is 0 Å². The van der Waals surface area contributed by atoms with Crippen LogP contribution < -0.4 is 16.0 Å². The van der Waals surface area contributed by atoms with Crippen LogP contribution in [0.5, 0.6) is 0 Å². The number of hydrogen-bond donors (Lipinski definition) is 3. The van der Waals surface area contributed by atoms with Crippen LogP contribution in [0.25, 0.3) is 0 Å². The highest BCUT2D eigenvalue weighted by Gasteiger charge is 2.28. The van der Waals surface area contributed by atoms with Gasteiger partial charge in [0.05, 0.1) is 6.26 Å². The van der Waals surface area contributed by atoms with E-state index in [1.54, 1.807) is 12.1 Å². The molecule has 114 valence electrons. The van der Waals surface area contributed by atoms with Gasteiger partial charge in [0.2, 0.25) is 11.8 Å². The summed E-state index contributed by atoms with van der Waals surface area (Å²) in [4.78, 5) is 34.3. The molecule has 3 amide bonds. The molecule has 1 heterocycles. The van der Waals surface area contributed by atoms with Gasteiger partial charge in [-0.3, -0.25) is 14.4 Å². The second kappa shape index (κ2) is 7.47.